The monoisotopic (exact) mass is 460 g/mol. The van der Waals surface area contributed by atoms with E-state index < -0.39 is 22.0 Å². The van der Waals surface area contributed by atoms with Gasteiger partial charge in [-0.25, -0.2) is 13.6 Å². The van der Waals surface area contributed by atoms with Crippen LogP contribution in [0.1, 0.15) is 22.7 Å². The van der Waals surface area contributed by atoms with Crippen LogP contribution in [0.25, 0.3) is 0 Å². The fourth-order valence-electron chi connectivity index (χ4n) is 3.24. The zero-order chi connectivity index (χ0) is 23.7. The third-order valence-corrected chi connectivity index (χ3v) is 5.89. The van der Waals surface area contributed by atoms with Gasteiger partial charge in [0, 0.05) is 12.7 Å². The topological polar surface area (TPSA) is 125 Å². The summed E-state index contributed by atoms with van der Waals surface area (Å²) in [6.07, 6.45) is 1.96. The molecule has 1 amide bonds. The van der Waals surface area contributed by atoms with Crippen LogP contribution in [0, 0.1) is 11.3 Å². The van der Waals surface area contributed by atoms with Gasteiger partial charge in [-0.2, -0.15) is 5.26 Å². The number of nitriles is 1. The Morgan fingerprint density at radius 3 is 1.97 bits per heavy atom. The highest BCUT2D eigenvalue weighted by Crippen LogP contribution is 2.22. The second kappa shape index (κ2) is 11.1. The minimum absolute atomic E-state index is 0.0450. The third kappa shape index (κ3) is 6.77. The van der Waals surface area contributed by atoms with E-state index in [9.17, 15) is 18.5 Å². The fraction of sp³-hybridized carbons (Fsp3) is 0.120. The van der Waals surface area contributed by atoms with Crippen LogP contribution >= 0.6 is 0 Å². The van der Waals surface area contributed by atoms with E-state index in [1.54, 1.807) is 12.1 Å². The SMILES string of the molecule is N#C/C(=C/NCCc1ccc(S(N)(=O)=O)cc1)C(=O)NC(c1ccccc1)c1ccccc1. The van der Waals surface area contributed by atoms with E-state index in [0.29, 0.717) is 13.0 Å². The number of hydrogen-bond donors (Lipinski definition) is 3. The molecule has 0 spiro atoms. The van der Waals surface area contributed by atoms with Crippen molar-refractivity contribution in [3.63, 3.8) is 0 Å². The molecule has 0 unspecified atom stereocenters. The van der Waals surface area contributed by atoms with Gasteiger partial charge in [0.05, 0.1) is 10.9 Å². The lowest BCUT2D eigenvalue weighted by Gasteiger charge is -2.19. The molecule has 0 fully saturated rings. The molecular weight excluding hydrogens is 436 g/mol. The van der Waals surface area contributed by atoms with Gasteiger partial charge in [0.2, 0.25) is 10.0 Å². The molecule has 3 rings (SSSR count). The molecule has 0 aliphatic rings. The number of amides is 1. The Kier molecular flexibility index (Phi) is 7.97. The normalized spacial score (nSPS) is 11.6. The maximum absolute atomic E-state index is 12.8. The van der Waals surface area contributed by atoms with Crippen LogP contribution in [0.4, 0.5) is 0 Å². The number of primary sulfonamides is 1. The van der Waals surface area contributed by atoms with Gasteiger partial charge in [-0.15, -0.1) is 0 Å². The Labute approximate surface area is 193 Å². The number of carbonyl (C=O) groups excluding carboxylic acids is 1. The molecule has 168 valence electrons. The lowest BCUT2D eigenvalue weighted by atomic mass is 9.98. The lowest BCUT2D eigenvalue weighted by molar-refractivity contribution is -0.117. The van der Waals surface area contributed by atoms with Crippen LogP contribution in [0.15, 0.2) is 102 Å². The quantitative estimate of drug-likeness (QED) is 0.257. The molecule has 3 aromatic rings. The summed E-state index contributed by atoms with van der Waals surface area (Å²) in [5.74, 6) is -0.486. The molecule has 33 heavy (non-hydrogen) atoms. The molecule has 4 N–H and O–H groups in total. The molecule has 0 bridgehead atoms. The van der Waals surface area contributed by atoms with Gasteiger partial charge >= 0.3 is 0 Å². The highest BCUT2D eigenvalue weighted by molar-refractivity contribution is 7.89. The van der Waals surface area contributed by atoms with Crippen molar-refractivity contribution in [3.05, 3.63) is 113 Å². The summed E-state index contributed by atoms with van der Waals surface area (Å²) in [4.78, 5) is 12.9. The van der Waals surface area contributed by atoms with Gasteiger partial charge in [0.15, 0.2) is 0 Å². The van der Waals surface area contributed by atoms with E-state index in [-0.39, 0.29) is 10.5 Å². The van der Waals surface area contributed by atoms with Gasteiger partial charge in [0.25, 0.3) is 5.91 Å². The Hall–Kier alpha value is -3.93. The van der Waals surface area contributed by atoms with Crippen LogP contribution in [0.5, 0.6) is 0 Å². The first-order valence-electron chi connectivity index (χ1n) is 10.2. The van der Waals surface area contributed by atoms with Gasteiger partial charge in [-0.05, 0) is 35.2 Å². The summed E-state index contributed by atoms with van der Waals surface area (Å²) >= 11 is 0. The molecule has 0 aliphatic heterocycles. The number of sulfonamides is 1. The number of nitrogens with zero attached hydrogens (tertiary/aromatic N) is 1. The van der Waals surface area contributed by atoms with Crippen molar-refractivity contribution in [1.82, 2.24) is 10.6 Å². The van der Waals surface area contributed by atoms with Crippen molar-refractivity contribution in [2.24, 2.45) is 5.14 Å². The van der Waals surface area contributed by atoms with Crippen molar-refractivity contribution >= 4 is 15.9 Å². The van der Waals surface area contributed by atoms with E-state index in [0.717, 1.165) is 16.7 Å². The zero-order valence-corrected chi connectivity index (χ0v) is 18.6. The number of hydrogen-bond acceptors (Lipinski definition) is 5. The predicted molar refractivity (Wildman–Crippen MR) is 126 cm³/mol. The Morgan fingerprint density at radius 1 is 0.939 bits per heavy atom. The average molecular weight is 461 g/mol. The standard InChI is InChI=1S/C25H24N4O3S/c26-17-22(18-28-16-15-19-11-13-23(14-12-19)33(27,31)32)25(30)29-24(20-7-3-1-4-8-20)21-9-5-2-6-10-21/h1-14,18,24,28H,15-16H2,(H,29,30)(H2,27,31,32)/b22-18-. The van der Waals surface area contributed by atoms with Crippen molar-refractivity contribution in [2.45, 2.75) is 17.4 Å². The average Bonchev–Trinajstić information content (AvgIpc) is 2.83. The van der Waals surface area contributed by atoms with Crippen molar-refractivity contribution in [3.8, 4) is 6.07 Å². The van der Waals surface area contributed by atoms with Gasteiger partial charge in [-0.1, -0.05) is 72.8 Å². The Morgan fingerprint density at radius 2 is 1.48 bits per heavy atom. The minimum Gasteiger partial charge on any atom is -0.389 e. The summed E-state index contributed by atoms with van der Waals surface area (Å²) in [5, 5.41) is 20.5. The molecule has 8 heteroatoms. The summed E-state index contributed by atoms with van der Waals surface area (Å²) in [7, 11) is -3.72. The minimum atomic E-state index is -3.72. The molecule has 0 aromatic heterocycles. The molecule has 3 aromatic carbocycles. The number of benzene rings is 3. The van der Waals surface area contributed by atoms with Crippen LogP contribution in [-0.4, -0.2) is 20.9 Å². The summed E-state index contributed by atoms with van der Waals surface area (Å²) in [5.41, 5.74) is 2.66. The summed E-state index contributed by atoms with van der Waals surface area (Å²) < 4.78 is 22.6. The predicted octanol–water partition coefficient (Wildman–Crippen LogP) is 2.78. The molecule has 0 saturated heterocycles. The highest BCUT2D eigenvalue weighted by atomic mass is 32.2. The highest BCUT2D eigenvalue weighted by Gasteiger charge is 2.19. The first-order valence-corrected chi connectivity index (χ1v) is 11.8. The largest absolute Gasteiger partial charge is 0.389 e. The van der Waals surface area contributed by atoms with Crippen molar-refractivity contribution < 1.29 is 13.2 Å². The fourth-order valence-corrected chi connectivity index (χ4v) is 3.76. The first-order chi connectivity index (χ1) is 15.9. The van der Waals surface area contributed by atoms with Crippen LogP contribution in [-0.2, 0) is 21.2 Å². The van der Waals surface area contributed by atoms with Gasteiger partial charge < -0.3 is 10.6 Å². The first kappa shape index (κ1) is 23.7. The van der Waals surface area contributed by atoms with E-state index >= 15 is 0 Å². The number of carbonyl (C=O) groups is 1. The van der Waals surface area contributed by atoms with Gasteiger partial charge in [-0.3, -0.25) is 4.79 Å². The van der Waals surface area contributed by atoms with E-state index in [4.69, 9.17) is 5.14 Å². The number of nitrogens with two attached hydrogens (primary N) is 1. The molecule has 0 heterocycles. The van der Waals surface area contributed by atoms with Crippen LogP contribution in [0.2, 0.25) is 0 Å². The lowest BCUT2D eigenvalue weighted by Crippen LogP contribution is -2.31. The van der Waals surface area contributed by atoms with E-state index in [1.165, 1.54) is 18.3 Å². The Bertz CT molecular complexity index is 1210. The van der Waals surface area contributed by atoms with Crippen molar-refractivity contribution in [2.75, 3.05) is 6.54 Å². The molecule has 7 nitrogen and oxygen atoms in total. The van der Waals surface area contributed by atoms with E-state index in [2.05, 4.69) is 10.6 Å². The molecule has 0 aliphatic carbocycles. The molecule has 0 saturated carbocycles. The number of rotatable bonds is 9. The molecule has 0 radical (unpaired) electrons. The maximum Gasteiger partial charge on any atom is 0.264 e. The summed E-state index contributed by atoms with van der Waals surface area (Å²) in [6, 6.07) is 26.9. The van der Waals surface area contributed by atoms with Crippen molar-refractivity contribution in [1.29, 1.82) is 5.26 Å². The van der Waals surface area contributed by atoms with Crippen LogP contribution < -0.4 is 15.8 Å². The molecular formula is C25H24N4O3S. The number of nitrogens with one attached hydrogen (secondary N) is 2. The third-order valence-electron chi connectivity index (χ3n) is 4.96. The maximum atomic E-state index is 12.8. The Balaban J connectivity index is 1.64. The molecule has 0 atom stereocenters. The second-order valence-corrected chi connectivity index (χ2v) is 8.85. The van der Waals surface area contributed by atoms with Gasteiger partial charge in [0.1, 0.15) is 11.6 Å². The van der Waals surface area contributed by atoms with Crippen LogP contribution in [0.3, 0.4) is 0 Å². The van der Waals surface area contributed by atoms with E-state index in [1.807, 2.05) is 66.7 Å². The zero-order valence-electron chi connectivity index (χ0n) is 17.8. The second-order valence-electron chi connectivity index (χ2n) is 7.29. The summed E-state index contributed by atoms with van der Waals surface area (Å²) in [6.45, 7) is 0.452. The smallest absolute Gasteiger partial charge is 0.264 e.